The Kier molecular flexibility index (Phi) is 3.22. The van der Waals surface area contributed by atoms with E-state index in [2.05, 4.69) is 0 Å². The number of aryl methyl sites for hydroxylation is 1. The van der Waals surface area contributed by atoms with Gasteiger partial charge in [-0.2, -0.15) is 0 Å². The van der Waals surface area contributed by atoms with E-state index in [1.54, 1.807) is 30.3 Å². The molecule has 0 unspecified atom stereocenters. The van der Waals surface area contributed by atoms with Crippen molar-refractivity contribution in [3.8, 4) is 0 Å². The van der Waals surface area contributed by atoms with Crippen molar-refractivity contribution < 1.29 is 13.6 Å². The fraction of sp³-hybridized carbons (Fsp3) is 0.118. The number of hydrogen-bond donors (Lipinski definition) is 1. The fourth-order valence-corrected chi connectivity index (χ4v) is 2.40. The van der Waals surface area contributed by atoms with E-state index in [1.165, 1.54) is 12.1 Å². The van der Waals surface area contributed by atoms with Crippen LogP contribution in [0.2, 0.25) is 0 Å². The number of hydrogen-bond acceptors (Lipinski definition) is 3. The summed E-state index contributed by atoms with van der Waals surface area (Å²) >= 11 is 0. The van der Waals surface area contributed by atoms with Gasteiger partial charge in [-0.05, 0) is 36.4 Å². The average Bonchev–Trinajstić information content (AvgIpc) is 2.84. The average molecular weight is 283 g/mol. The quantitative estimate of drug-likeness (QED) is 0.585. The lowest BCUT2D eigenvalue weighted by molar-refractivity contribution is 0.103. The van der Waals surface area contributed by atoms with Crippen molar-refractivity contribution in [1.82, 2.24) is 0 Å². The normalized spacial score (nSPS) is 11.0. The maximum Gasteiger partial charge on any atom is 0.197 e. The molecule has 21 heavy (non-hydrogen) atoms. The lowest BCUT2D eigenvalue weighted by atomic mass is 9.99. The maximum atomic E-state index is 13.3. The number of halogens is 1. The monoisotopic (exact) mass is 283 g/mol. The lowest BCUT2D eigenvalue weighted by Gasteiger charge is -2.02. The van der Waals surface area contributed by atoms with Crippen LogP contribution in [-0.2, 0) is 6.42 Å². The largest absolute Gasteiger partial charge is 0.460 e. The van der Waals surface area contributed by atoms with Gasteiger partial charge in [-0.15, -0.1) is 0 Å². The summed E-state index contributed by atoms with van der Waals surface area (Å²) in [6, 6.07) is 10.9. The van der Waals surface area contributed by atoms with Crippen LogP contribution in [0.5, 0.6) is 0 Å². The van der Waals surface area contributed by atoms with Crippen LogP contribution in [-0.4, -0.2) is 5.78 Å². The number of carbonyl (C=O) groups is 1. The number of nitrogen functional groups attached to an aromatic ring is 1. The molecule has 0 atom stereocenters. The number of ketones is 1. The first-order valence-corrected chi connectivity index (χ1v) is 6.71. The number of benzene rings is 2. The number of carbonyl (C=O) groups excluding carboxylic acids is 1. The van der Waals surface area contributed by atoms with E-state index >= 15 is 0 Å². The number of anilines is 1. The summed E-state index contributed by atoms with van der Waals surface area (Å²) in [5.74, 6) is 0.0417. The summed E-state index contributed by atoms with van der Waals surface area (Å²) in [6.07, 6.45) is 0.562. The summed E-state index contributed by atoms with van der Waals surface area (Å²) in [7, 11) is 0. The molecule has 0 aliphatic carbocycles. The van der Waals surface area contributed by atoms with Gasteiger partial charge in [0.1, 0.15) is 17.2 Å². The van der Waals surface area contributed by atoms with Crippen LogP contribution in [0.15, 0.2) is 46.9 Å². The Hall–Kier alpha value is -2.62. The van der Waals surface area contributed by atoms with Gasteiger partial charge in [0, 0.05) is 29.1 Å². The maximum absolute atomic E-state index is 13.3. The Bertz CT molecular complexity index is 819. The molecule has 1 heterocycles. The van der Waals surface area contributed by atoms with E-state index in [1.807, 2.05) is 6.92 Å². The zero-order valence-electron chi connectivity index (χ0n) is 11.5. The topological polar surface area (TPSA) is 56.2 Å². The molecular weight excluding hydrogens is 269 g/mol. The van der Waals surface area contributed by atoms with Crippen LogP contribution in [0.3, 0.4) is 0 Å². The van der Waals surface area contributed by atoms with Crippen molar-refractivity contribution in [3.63, 3.8) is 0 Å². The molecule has 1 aromatic heterocycles. The van der Waals surface area contributed by atoms with Gasteiger partial charge in [0.05, 0.1) is 5.56 Å². The Morgan fingerprint density at radius 2 is 1.90 bits per heavy atom. The second-order valence-corrected chi connectivity index (χ2v) is 4.85. The van der Waals surface area contributed by atoms with Gasteiger partial charge in [-0.3, -0.25) is 4.79 Å². The molecule has 0 aliphatic rings. The third-order valence-corrected chi connectivity index (χ3v) is 3.45. The standard InChI is InChI=1S/C17H14FNO2/c1-2-14-16(13-8-5-11(18)9-15(13)21-14)17(20)10-3-6-12(19)7-4-10/h3-9H,2,19H2,1H3. The third kappa shape index (κ3) is 2.29. The molecule has 3 nitrogen and oxygen atoms in total. The van der Waals surface area contributed by atoms with Crippen molar-refractivity contribution in [2.75, 3.05) is 5.73 Å². The van der Waals surface area contributed by atoms with Gasteiger partial charge < -0.3 is 10.2 Å². The number of furan rings is 1. The van der Waals surface area contributed by atoms with Crippen molar-refractivity contribution in [1.29, 1.82) is 0 Å². The van der Waals surface area contributed by atoms with Crippen molar-refractivity contribution in [2.24, 2.45) is 0 Å². The molecule has 3 aromatic rings. The third-order valence-electron chi connectivity index (χ3n) is 3.45. The number of fused-ring (bicyclic) bond motifs is 1. The minimum Gasteiger partial charge on any atom is -0.460 e. The lowest BCUT2D eigenvalue weighted by Crippen LogP contribution is -2.03. The van der Waals surface area contributed by atoms with Crippen molar-refractivity contribution >= 4 is 22.4 Å². The second-order valence-electron chi connectivity index (χ2n) is 4.85. The molecule has 0 saturated heterocycles. The van der Waals surface area contributed by atoms with Gasteiger partial charge >= 0.3 is 0 Å². The molecule has 0 amide bonds. The molecule has 4 heteroatoms. The number of nitrogens with two attached hydrogens (primary N) is 1. The van der Waals surface area contributed by atoms with Crippen molar-refractivity contribution in [3.05, 3.63) is 65.2 Å². The highest BCUT2D eigenvalue weighted by molar-refractivity contribution is 6.16. The highest BCUT2D eigenvalue weighted by Gasteiger charge is 2.21. The molecule has 0 saturated carbocycles. The molecule has 0 aliphatic heterocycles. The summed E-state index contributed by atoms with van der Waals surface area (Å²) in [5.41, 5.74) is 7.66. The van der Waals surface area contributed by atoms with Crippen LogP contribution in [0, 0.1) is 5.82 Å². The first-order chi connectivity index (χ1) is 10.1. The van der Waals surface area contributed by atoms with Gasteiger partial charge in [-0.1, -0.05) is 6.92 Å². The fourth-order valence-electron chi connectivity index (χ4n) is 2.40. The summed E-state index contributed by atoms with van der Waals surface area (Å²) in [6.45, 7) is 1.90. The Labute approximate surface area is 121 Å². The van der Waals surface area contributed by atoms with Crippen LogP contribution >= 0.6 is 0 Å². The molecular formula is C17H14FNO2. The van der Waals surface area contributed by atoms with Crippen LogP contribution in [0.4, 0.5) is 10.1 Å². The zero-order valence-corrected chi connectivity index (χ0v) is 11.5. The van der Waals surface area contributed by atoms with Crippen molar-refractivity contribution in [2.45, 2.75) is 13.3 Å². The van der Waals surface area contributed by atoms with E-state index in [4.69, 9.17) is 10.2 Å². The first kappa shape index (κ1) is 13.4. The molecule has 106 valence electrons. The Morgan fingerprint density at radius 1 is 1.19 bits per heavy atom. The molecule has 3 rings (SSSR count). The van der Waals surface area contributed by atoms with E-state index in [9.17, 15) is 9.18 Å². The summed E-state index contributed by atoms with van der Waals surface area (Å²) in [4.78, 5) is 12.7. The molecule has 0 fully saturated rings. The summed E-state index contributed by atoms with van der Waals surface area (Å²) in [5, 5.41) is 0.634. The van der Waals surface area contributed by atoms with E-state index < -0.39 is 0 Å². The van der Waals surface area contributed by atoms with Gasteiger partial charge in [0.2, 0.25) is 0 Å². The van der Waals surface area contributed by atoms with E-state index in [0.29, 0.717) is 40.0 Å². The van der Waals surface area contributed by atoms with E-state index in [0.717, 1.165) is 0 Å². The molecule has 0 spiro atoms. The van der Waals surface area contributed by atoms with Gasteiger partial charge in [0.15, 0.2) is 5.78 Å². The molecule has 2 N–H and O–H groups in total. The van der Waals surface area contributed by atoms with Crippen LogP contribution in [0.25, 0.3) is 11.0 Å². The smallest absolute Gasteiger partial charge is 0.197 e. The van der Waals surface area contributed by atoms with Gasteiger partial charge in [-0.25, -0.2) is 4.39 Å². The van der Waals surface area contributed by atoms with E-state index in [-0.39, 0.29) is 11.6 Å². The highest BCUT2D eigenvalue weighted by atomic mass is 19.1. The highest BCUT2D eigenvalue weighted by Crippen LogP contribution is 2.29. The Morgan fingerprint density at radius 3 is 2.57 bits per heavy atom. The summed E-state index contributed by atoms with van der Waals surface area (Å²) < 4.78 is 18.9. The van der Waals surface area contributed by atoms with Crippen LogP contribution < -0.4 is 5.73 Å². The minimum atomic E-state index is -0.384. The number of rotatable bonds is 3. The zero-order chi connectivity index (χ0) is 15.0. The second kappa shape index (κ2) is 5.05. The SMILES string of the molecule is CCc1oc2cc(F)ccc2c1C(=O)c1ccc(N)cc1. The minimum absolute atomic E-state index is 0.141. The molecule has 2 aromatic carbocycles. The predicted molar refractivity (Wildman–Crippen MR) is 79.8 cm³/mol. The first-order valence-electron chi connectivity index (χ1n) is 6.71. The Balaban J connectivity index is 2.18. The molecule has 0 radical (unpaired) electrons. The van der Waals surface area contributed by atoms with Gasteiger partial charge in [0.25, 0.3) is 0 Å². The van der Waals surface area contributed by atoms with Crippen LogP contribution in [0.1, 0.15) is 28.6 Å². The molecule has 0 bridgehead atoms. The predicted octanol–water partition coefficient (Wildman–Crippen LogP) is 3.95.